The van der Waals surface area contributed by atoms with Gasteiger partial charge in [0.2, 0.25) is 15.9 Å². The molecule has 2 aliphatic heterocycles. The molecule has 8 heteroatoms. The van der Waals surface area contributed by atoms with Gasteiger partial charge in [-0.15, -0.1) is 0 Å². The largest absolute Gasteiger partial charge is 0.325 e. The van der Waals surface area contributed by atoms with E-state index in [0.717, 1.165) is 17.4 Å². The molecule has 27 heavy (non-hydrogen) atoms. The van der Waals surface area contributed by atoms with Crippen molar-refractivity contribution in [2.24, 2.45) is 0 Å². The predicted molar refractivity (Wildman–Crippen MR) is 102 cm³/mol. The summed E-state index contributed by atoms with van der Waals surface area (Å²) in [4.78, 5) is 27.2. The van der Waals surface area contributed by atoms with Gasteiger partial charge in [-0.1, -0.05) is 36.4 Å². The smallest absolute Gasteiger partial charge is 0.256 e. The van der Waals surface area contributed by atoms with Crippen molar-refractivity contribution in [1.82, 2.24) is 9.62 Å². The van der Waals surface area contributed by atoms with E-state index in [4.69, 9.17) is 0 Å². The highest BCUT2D eigenvalue weighted by Crippen LogP contribution is 2.32. The third-order valence-electron chi connectivity index (χ3n) is 4.86. The van der Waals surface area contributed by atoms with Gasteiger partial charge in [0.1, 0.15) is 6.04 Å². The van der Waals surface area contributed by atoms with Gasteiger partial charge in [-0.3, -0.25) is 9.59 Å². The summed E-state index contributed by atoms with van der Waals surface area (Å²) < 4.78 is 25.5. The van der Waals surface area contributed by atoms with Crippen LogP contribution in [0.5, 0.6) is 0 Å². The number of benzene rings is 2. The van der Waals surface area contributed by atoms with Gasteiger partial charge in [0.15, 0.2) is 0 Å². The molecular formula is C19H19N3O4S. The molecule has 2 aromatic carbocycles. The Morgan fingerprint density at radius 2 is 1.81 bits per heavy atom. The van der Waals surface area contributed by atoms with Crippen LogP contribution in [0.1, 0.15) is 16.8 Å². The lowest BCUT2D eigenvalue weighted by molar-refractivity contribution is -0.119. The number of carbonyl (C=O) groups excluding carboxylic acids is 2. The predicted octanol–water partition coefficient (Wildman–Crippen LogP) is 1.44. The van der Waals surface area contributed by atoms with E-state index in [-0.39, 0.29) is 24.8 Å². The Balaban J connectivity index is 1.69. The van der Waals surface area contributed by atoms with E-state index in [1.165, 1.54) is 4.90 Å². The maximum atomic E-state index is 13.1. The van der Waals surface area contributed by atoms with Crippen molar-refractivity contribution in [2.75, 3.05) is 18.1 Å². The van der Waals surface area contributed by atoms with Gasteiger partial charge in [-0.05, 0) is 29.7 Å². The number of carbonyl (C=O) groups is 2. The van der Waals surface area contributed by atoms with E-state index in [1.54, 1.807) is 12.1 Å². The Morgan fingerprint density at radius 3 is 2.52 bits per heavy atom. The third-order valence-corrected chi connectivity index (χ3v) is 5.62. The van der Waals surface area contributed by atoms with Gasteiger partial charge in [0, 0.05) is 12.6 Å². The second kappa shape index (κ2) is 6.47. The van der Waals surface area contributed by atoms with Crippen LogP contribution in [0.25, 0.3) is 11.1 Å². The number of hydrogen-bond acceptors (Lipinski definition) is 4. The van der Waals surface area contributed by atoms with Crippen LogP contribution in [-0.2, 0) is 14.8 Å². The highest BCUT2D eigenvalue weighted by atomic mass is 32.2. The van der Waals surface area contributed by atoms with Crippen LogP contribution in [0.15, 0.2) is 48.5 Å². The Kier molecular flexibility index (Phi) is 4.24. The number of anilines is 1. The maximum Gasteiger partial charge on any atom is 0.256 e. The summed E-state index contributed by atoms with van der Waals surface area (Å²) in [6, 6.07) is 13.9. The molecule has 2 amide bonds. The quantitative estimate of drug-likeness (QED) is 0.836. The second-order valence-electron chi connectivity index (χ2n) is 6.91. The lowest BCUT2D eigenvalue weighted by Gasteiger charge is -2.20. The SMILES string of the molecule is CS(=O)(=O)N[C@H]1C[C@H]2C(=O)Nc3ccc(-c4ccccc4)cc3C(=O)N2C1. The molecular weight excluding hydrogens is 366 g/mol. The molecule has 4 rings (SSSR count). The number of rotatable bonds is 3. The molecule has 2 aromatic rings. The van der Waals surface area contributed by atoms with Crippen molar-refractivity contribution >= 4 is 27.5 Å². The molecule has 0 aromatic heterocycles. The molecule has 0 saturated carbocycles. The summed E-state index contributed by atoms with van der Waals surface area (Å²) in [5.41, 5.74) is 2.73. The van der Waals surface area contributed by atoms with Gasteiger partial charge in [0.05, 0.1) is 17.5 Å². The van der Waals surface area contributed by atoms with Crippen molar-refractivity contribution in [3.8, 4) is 11.1 Å². The molecule has 7 nitrogen and oxygen atoms in total. The zero-order valence-electron chi connectivity index (χ0n) is 14.7. The first kappa shape index (κ1) is 17.7. The molecule has 1 saturated heterocycles. The fourth-order valence-electron chi connectivity index (χ4n) is 3.71. The van der Waals surface area contributed by atoms with Crippen LogP contribution in [0.3, 0.4) is 0 Å². The zero-order chi connectivity index (χ0) is 19.2. The molecule has 0 bridgehead atoms. The fraction of sp³-hybridized carbons (Fsp3) is 0.263. The summed E-state index contributed by atoms with van der Waals surface area (Å²) in [7, 11) is -3.42. The number of hydrogen-bond donors (Lipinski definition) is 2. The molecule has 140 valence electrons. The molecule has 2 aliphatic rings. The van der Waals surface area contributed by atoms with Gasteiger partial charge >= 0.3 is 0 Å². The summed E-state index contributed by atoms with van der Waals surface area (Å²) in [6.07, 6.45) is 1.32. The maximum absolute atomic E-state index is 13.1. The Bertz CT molecular complexity index is 1020. The van der Waals surface area contributed by atoms with Crippen LogP contribution in [-0.4, -0.2) is 50.0 Å². The van der Waals surface area contributed by atoms with E-state index in [2.05, 4.69) is 10.0 Å². The van der Waals surface area contributed by atoms with Crippen molar-refractivity contribution in [1.29, 1.82) is 0 Å². The average molecular weight is 385 g/mol. The second-order valence-corrected chi connectivity index (χ2v) is 8.69. The van der Waals surface area contributed by atoms with E-state index in [1.807, 2.05) is 36.4 Å². The lowest BCUT2D eigenvalue weighted by Crippen LogP contribution is -2.41. The third kappa shape index (κ3) is 3.45. The number of sulfonamides is 1. The summed E-state index contributed by atoms with van der Waals surface area (Å²) in [6.45, 7) is 0.166. The first-order valence-electron chi connectivity index (χ1n) is 8.60. The van der Waals surface area contributed by atoms with Gasteiger partial charge in [-0.2, -0.15) is 0 Å². The van der Waals surface area contributed by atoms with Crippen molar-refractivity contribution in [3.05, 3.63) is 54.1 Å². The van der Waals surface area contributed by atoms with E-state index in [0.29, 0.717) is 11.3 Å². The van der Waals surface area contributed by atoms with Crippen LogP contribution < -0.4 is 10.0 Å². The molecule has 0 unspecified atom stereocenters. The van der Waals surface area contributed by atoms with Gasteiger partial charge < -0.3 is 10.2 Å². The topological polar surface area (TPSA) is 95.6 Å². The number of amides is 2. The number of nitrogens with one attached hydrogen (secondary N) is 2. The first-order valence-corrected chi connectivity index (χ1v) is 10.5. The van der Waals surface area contributed by atoms with Crippen LogP contribution >= 0.6 is 0 Å². The minimum absolute atomic E-state index is 0.166. The van der Waals surface area contributed by atoms with E-state index < -0.39 is 22.1 Å². The highest BCUT2D eigenvalue weighted by Gasteiger charge is 2.43. The van der Waals surface area contributed by atoms with Crippen molar-refractivity contribution in [3.63, 3.8) is 0 Å². The highest BCUT2D eigenvalue weighted by molar-refractivity contribution is 7.88. The Hall–Kier alpha value is -2.71. The number of nitrogens with zero attached hydrogens (tertiary/aromatic N) is 1. The van der Waals surface area contributed by atoms with Crippen molar-refractivity contribution in [2.45, 2.75) is 18.5 Å². The fourth-order valence-corrected chi connectivity index (χ4v) is 4.48. The zero-order valence-corrected chi connectivity index (χ0v) is 15.5. The molecule has 2 atom stereocenters. The van der Waals surface area contributed by atoms with Crippen LogP contribution in [0, 0.1) is 0 Å². The Morgan fingerprint density at radius 1 is 1.07 bits per heavy atom. The summed E-state index contributed by atoms with van der Waals surface area (Å²) in [5.74, 6) is -0.573. The summed E-state index contributed by atoms with van der Waals surface area (Å²) in [5, 5.41) is 2.81. The summed E-state index contributed by atoms with van der Waals surface area (Å²) >= 11 is 0. The standard InChI is InChI=1S/C19H19N3O4S/c1-27(25,26)21-14-10-17-18(23)20-16-8-7-13(12-5-3-2-4-6-12)9-15(16)19(24)22(17)11-14/h2-9,14,17,21H,10-11H2,1H3,(H,20,23)/t14-,17-/m0/s1. The average Bonchev–Trinajstić information content (AvgIpc) is 3.00. The van der Waals surface area contributed by atoms with Gasteiger partial charge in [0.25, 0.3) is 5.91 Å². The molecule has 2 N–H and O–H groups in total. The normalized spacial score (nSPS) is 22.0. The lowest BCUT2D eigenvalue weighted by atomic mass is 10.0. The van der Waals surface area contributed by atoms with Crippen molar-refractivity contribution < 1.29 is 18.0 Å². The first-order chi connectivity index (χ1) is 12.8. The minimum Gasteiger partial charge on any atom is -0.325 e. The van der Waals surface area contributed by atoms with Crippen LogP contribution in [0.4, 0.5) is 5.69 Å². The molecule has 0 spiro atoms. The minimum atomic E-state index is -3.42. The molecule has 2 heterocycles. The van der Waals surface area contributed by atoms with Crippen LogP contribution in [0.2, 0.25) is 0 Å². The van der Waals surface area contributed by atoms with E-state index in [9.17, 15) is 18.0 Å². The Labute approximate surface area is 157 Å². The molecule has 0 aliphatic carbocycles. The van der Waals surface area contributed by atoms with E-state index >= 15 is 0 Å². The number of fused-ring (bicyclic) bond motifs is 2. The van der Waals surface area contributed by atoms with Gasteiger partial charge in [-0.25, -0.2) is 13.1 Å². The monoisotopic (exact) mass is 385 g/mol. The molecule has 1 fully saturated rings. The molecule has 0 radical (unpaired) electrons.